The van der Waals surface area contributed by atoms with Crippen LogP contribution in [-0.2, 0) is 14.4 Å². The molecule has 0 aliphatic rings. The van der Waals surface area contributed by atoms with Crippen molar-refractivity contribution < 1.29 is 19.1 Å². The lowest BCUT2D eigenvalue weighted by atomic mass is 10.2. The van der Waals surface area contributed by atoms with E-state index in [0.717, 1.165) is 17.7 Å². The van der Waals surface area contributed by atoms with Gasteiger partial charge in [0.25, 0.3) is 5.91 Å². The Morgan fingerprint density at radius 3 is 2.50 bits per heavy atom. The summed E-state index contributed by atoms with van der Waals surface area (Å²) in [5.74, 6) is -1.30. The first-order valence-corrected chi connectivity index (χ1v) is 9.60. The highest BCUT2D eigenvalue weighted by Crippen LogP contribution is 2.12. The van der Waals surface area contributed by atoms with E-state index >= 15 is 0 Å². The molecule has 158 valence electrons. The van der Waals surface area contributed by atoms with E-state index in [0.29, 0.717) is 11.3 Å². The summed E-state index contributed by atoms with van der Waals surface area (Å²) in [5, 5.41) is 9.08. The maximum atomic E-state index is 12.0. The van der Waals surface area contributed by atoms with Gasteiger partial charge >= 0.3 is 11.8 Å². The molecular weight excluding hydrogens is 384 g/mol. The second-order valence-corrected chi connectivity index (χ2v) is 6.76. The normalized spacial score (nSPS) is 11.6. The SMILES string of the molecule is CC[C@H](C)NC(=O)C(=O)N/N=C\c1ccc(OCC(=O)Nc2cccc(C)c2)cc1. The van der Waals surface area contributed by atoms with Gasteiger partial charge in [-0.25, -0.2) is 5.43 Å². The fourth-order valence-electron chi connectivity index (χ4n) is 2.33. The Hall–Kier alpha value is -3.68. The largest absolute Gasteiger partial charge is 0.484 e. The van der Waals surface area contributed by atoms with Crippen molar-refractivity contribution in [2.24, 2.45) is 5.10 Å². The molecule has 3 N–H and O–H groups in total. The number of amides is 3. The van der Waals surface area contributed by atoms with Gasteiger partial charge in [-0.2, -0.15) is 5.10 Å². The smallest absolute Gasteiger partial charge is 0.329 e. The lowest BCUT2D eigenvalue weighted by Gasteiger charge is -2.09. The molecular formula is C22H26N4O4. The summed E-state index contributed by atoms with van der Waals surface area (Å²) < 4.78 is 5.47. The quantitative estimate of drug-likeness (QED) is 0.353. The van der Waals surface area contributed by atoms with Crippen LogP contribution in [0, 0.1) is 6.92 Å². The van der Waals surface area contributed by atoms with Gasteiger partial charge in [-0.05, 0) is 67.8 Å². The lowest BCUT2D eigenvalue weighted by molar-refractivity contribution is -0.139. The Bertz CT molecular complexity index is 910. The number of hydrazone groups is 1. The van der Waals surface area contributed by atoms with Crippen LogP contribution in [0.15, 0.2) is 53.6 Å². The Balaban J connectivity index is 1.77. The number of benzene rings is 2. The van der Waals surface area contributed by atoms with Crippen LogP contribution in [0.25, 0.3) is 0 Å². The summed E-state index contributed by atoms with van der Waals surface area (Å²) >= 11 is 0. The highest BCUT2D eigenvalue weighted by molar-refractivity contribution is 6.35. The van der Waals surface area contributed by atoms with Crippen molar-refractivity contribution in [2.45, 2.75) is 33.2 Å². The van der Waals surface area contributed by atoms with Crippen LogP contribution in [0.2, 0.25) is 0 Å². The van der Waals surface area contributed by atoms with Gasteiger partial charge in [0, 0.05) is 11.7 Å². The van der Waals surface area contributed by atoms with Gasteiger partial charge in [0.15, 0.2) is 6.61 Å². The fourth-order valence-corrected chi connectivity index (χ4v) is 2.33. The van der Waals surface area contributed by atoms with Crippen LogP contribution in [0.1, 0.15) is 31.4 Å². The van der Waals surface area contributed by atoms with Gasteiger partial charge in [0.05, 0.1) is 6.21 Å². The minimum atomic E-state index is -0.828. The van der Waals surface area contributed by atoms with E-state index in [-0.39, 0.29) is 18.6 Å². The zero-order chi connectivity index (χ0) is 21.9. The van der Waals surface area contributed by atoms with Crippen molar-refractivity contribution in [1.29, 1.82) is 0 Å². The van der Waals surface area contributed by atoms with Crippen molar-refractivity contribution in [1.82, 2.24) is 10.7 Å². The number of nitrogens with zero attached hydrogens (tertiary/aromatic N) is 1. The minimum Gasteiger partial charge on any atom is -0.484 e. The molecule has 0 unspecified atom stereocenters. The monoisotopic (exact) mass is 410 g/mol. The van der Waals surface area contributed by atoms with Crippen molar-refractivity contribution >= 4 is 29.6 Å². The van der Waals surface area contributed by atoms with Gasteiger partial charge in [0.2, 0.25) is 0 Å². The van der Waals surface area contributed by atoms with Crippen LogP contribution in [0.3, 0.4) is 0 Å². The number of carbonyl (C=O) groups excluding carboxylic acids is 3. The van der Waals surface area contributed by atoms with Crippen LogP contribution in [-0.4, -0.2) is 36.6 Å². The Morgan fingerprint density at radius 1 is 1.10 bits per heavy atom. The molecule has 0 fully saturated rings. The molecule has 0 spiro atoms. The van der Waals surface area contributed by atoms with Crippen LogP contribution < -0.4 is 20.8 Å². The summed E-state index contributed by atoms with van der Waals surface area (Å²) in [6, 6.07) is 14.2. The molecule has 2 aromatic rings. The molecule has 0 radical (unpaired) electrons. The molecule has 30 heavy (non-hydrogen) atoms. The standard InChI is InChI=1S/C22H26N4O4/c1-4-16(3)24-21(28)22(29)26-23-13-17-8-10-19(11-9-17)30-14-20(27)25-18-7-5-6-15(2)12-18/h5-13,16H,4,14H2,1-3H3,(H,24,28)(H,25,27)(H,26,29)/b23-13-/t16-/m0/s1. The van der Waals surface area contributed by atoms with E-state index in [1.165, 1.54) is 6.21 Å². The van der Waals surface area contributed by atoms with E-state index in [1.54, 1.807) is 24.3 Å². The molecule has 0 saturated heterocycles. The molecule has 2 rings (SSSR count). The van der Waals surface area contributed by atoms with E-state index in [9.17, 15) is 14.4 Å². The van der Waals surface area contributed by atoms with Crippen LogP contribution >= 0.6 is 0 Å². The zero-order valence-electron chi connectivity index (χ0n) is 17.3. The molecule has 0 aliphatic heterocycles. The summed E-state index contributed by atoms with van der Waals surface area (Å²) in [6.07, 6.45) is 2.13. The maximum absolute atomic E-state index is 12.0. The van der Waals surface area contributed by atoms with E-state index in [1.807, 2.05) is 45.0 Å². The van der Waals surface area contributed by atoms with Gasteiger partial charge in [-0.15, -0.1) is 0 Å². The van der Waals surface area contributed by atoms with Crippen molar-refractivity contribution in [3.8, 4) is 5.75 Å². The number of rotatable bonds is 8. The molecule has 1 atom stereocenters. The molecule has 8 heteroatoms. The topological polar surface area (TPSA) is 109 Å². The van der Waals surface area contributed by atoms with E-state index < -0.39 is 11.8 Å². The van der Waals surface area contributed by atoms with Gasteiger partial charge < -0.3 is 15.4 Å². The minimum absolute atomic E-state index is 0.0846. The van der Waals surface area contributed by atoms with E-state index in [2.05, 4.69) is 21.2 Å². The zero-order valence-corrected chi connectivity index (χ0v) is 17.3. The number of nitrogens with one attached hydrogen (secondary N) is 3. The maximum Gasteiger partial charge on any atom is 0.329 e. The summed E-state index contributed by atoms with van der Waals surface area (Å²) in [6.45, 7) is 5.54. The molecule has 0 heterocycles. The highest BCUT2D eigenvalue weighted by Gasteiger charge is 2.14. The average Bonchev–Trinajstić information content (AvgIpc) is 2.73. The second-order valence-electron chi connectivity index (χ2n) is 6.76. The first kappa shape index (κ1) is 22.6. The molecule has 3 amide bonds. The lowest BCUT2D eigenvalue weighted by Crippen LogP contribution is -2.41. The van der Waals surface area contributed by atoms with Crippen LogP contribution in [0.5, 0.6) is 5.75 Å². The third kappa shape index (κ3) is 7.75. The molecule has 0 bridgehead atoms. The molecule has 0 aliphatic carbocycles. The van der Waals surface area contributed by atoms with E-state index in [4.69, 9.17) is 4.74 Å². The van der Waals surface area contributed by atoms with Gasteiger partial charge in [-0.3, -0.25) is 14.4 Å². The van der Waals surface area contributed by atoms with Gasteiger partial charge in [0.1, 0.15) is 5.75 Å². The summed E-state index contributed by atoms with van der Waals surface area (Å²) in [4.78, 5) is 35.2. The van der Waals surface area contributed by atoms with Crippen molar-refractivity contribution in [2.75, 3.05) is 11.9 Å². The number of aryl methyl sites for hydroxylation is 1. The highest BCUT2D eigenvalue weighted by atomic mass is 16.5. The Morgan fingerprint density at radius 2 is 1.83 bits per heavy atom. The van der Waals surface area contributed by atoms with Crippen molar-refractivity contribution in [3.63, 3.8) is 0 Å². The first-order valence-electron chi connectivity index (χ1n) is 9.60. The second kappa shape index (κ2) is 11.4. The Kier molecular flexibility index (Phi) is 8.56. The number of ether oxygens (including phenoxy) is 1. The third-order valence-electron chi connectivity index (χ3n) is 4.13. The summed E-state index contributed by atoms with van der Waals surface area (Å²) in [5.41, 5.74) is 4.64. The molecule has 0 saturated carbocycles. The molecule has 0 aromatic heterocycles. The first-order chi connectivity index (χ1) is 14.4. The summed E-state index contributed by atoms with van der Waals surface area (Å²) in [7, 11) is 0. The number of hydrogen-bond donors (Lipinski definition) is 3. The van der Waals surface area contributed by atoms with Crippen LogP contribution in [0.4, 0.5) is 5.69 Å². The molecule has 2 aromatic carbocycles. The predicted molar refractivity (Wildman–Crippen MR) is 115 cm³/mol. The Labute approximate surface area is 175 Å². The number of carbonyl (C=O) groups is 3. The van der Waals surface area contributed by atoms with Crippen molar-refractivity contribution in [3.05, 3.63) is 59.7 Å². The average molecular weight is 410 g/mol. The number of hydrogen-bond acceptors (Lipinski definition) is 5. The fraction of sp³-hybridized carbons (Fsp3) is 0.273. The van der Waals surface area contributed by atoms with Gasteiger partial charge in [-0.1, -0.05) is 19.1 Å². The molecule has 8 nitrogen and oxygen atoms in total. The predicted octanol–water partition coefficient (Wildman–Crippen LogP) is 2.38. The number of anilines is 1. The third-order valence-corrected chi connectivity index (χ3v) is 4.13.